The van der Waals surface area contributed by atoms with Crippen LogP contribution in [0.1, 0.15) is 55.8 Å². The van der Waals surface area contributed by atoms with Gasteiger partial charge in [-0.05, 0) is 79.0 Å². The zero-order valence-electron chi connectivity index (χ0n) is 17.2. The van der Waals surface area contributed by atoms with Crippen molar-refractivity contribution in [1.29, 1.82) is 0 Å². The average molecular weight is 382 g/mol. The molecule has 4 nitrogen and oxygen atoms in total. The van der Waals surface area contributed by atoms with Crippen LogP contribution >= 0.6 is 0 Å². The first-order valence-corrected chi connectivity index (χ1v) is 10.2. The number of carbonyl (C=O) groups excluding carboxylic acids is 1. The third-order valence-corrected chi connectivity index (χ3v) is 5.25. The number of aryl methyl sites for hydroxylation is 2. The lowest BCUT2D eigenvalue weighted by Crippen LogP contribution is -2.33. The van der Waals surface area contributed by atoms with Crippen LogP contribution in [0.3, 0.4) is 0 Å². The van der Waals surface area contributed by atoms with Gasteiger partial charge in [0.2, 0.25) is 0 Å². The number of benzene rings is 2. The van der Waals surface area contributed by atoms with Gasteiger partial charge in [-0.3, -0.25) is 4.79 Å². The number of rotatable bonds is 8. The van der Waals surface area contributed by atoms with Crippen molar-refractivity contribution in [3.8, 4) is 11.5 Å². The summed E-state index contributed by atoms with van der Waals surface area (Å²) in [4.78, 5) is 12.5. The normalized spacial score (nSPS) is 14.3. The zero-order valence-corrected chi connectivity index (χ0v) is 17.2. The Kier molecular flexibility index (Phi) is 6.96. The summed E-state index contributed by atoms with van der Waals surface area (Å²) in [6.45, 7) is 4.35. The van der Waals surface area contributed by atoms with Gasteiger partial charge in [-0.2, -0.15) is 0 Å². The number of ether oxygens (including phenoxy) is 2. The highest BCUT2D eigenvalue weighted by atomic mass is 16.5. The highest BCUT2D eigenvalue weighted by Crippen LogP contribution is 2.26. The minimum Gasteiger partial charge on any atom is -0.497 e. The predicted molar refractivity (Wildman–Crippen MR) is 112 cm³/mol. The minimum atomic E-state index is -0.0980. The molecule has 0 unspecified atom stereocenters. The van der Waals surface area contributed by atoms with Gasteiger partial charge in [-0.1, -0.05) is 32.0 Å². The molecule has 0 fully saturated rings. The number of amides is 1. The lowest BCUT2D eigenvalue weighted by Gasteiger charge is -2.22. The second-order valence-corrected chi connectivity index (χ2v) is 7.95. The summed E-state index contributed by atoms with van der Waals surface area (Å²) in [6, 6.07) is 14.1. The summed E-state index contributed by atoms with van der Waals surface area (Å²) in [7, 11) is 1.65. The maximum absolute atomic E-state index is 12.5. The Labute approximate surface area is 168 Å². The van der Waals surface area contributed by atoms with Gasteiger partial charge in [-0.15, -0.1) is 0 Å². The number of hydrogen-bond acceptors (Lipinski definition) is 3. The molecule has 0 spiro atoms. The molecule has 2 aromatic rings. The third kappa shape index (κ3) is 5.51. The van der Waals surface area contributed by atoms with Crippen LogP contribution in [0.2, 0.25) is 0 Å². The monoisotopic (exact) mass is 381 g/mol. The first-order chi connectivity index (χ1) is 13.5. The van der Waals surface area contributed by atoms with Crippen LogP contribution < -0.4 is 14.8 Å². The molecule has 0 aliphatic heterocycles. The summed E-state index contributed by atoms with van der Waals surface area (Å²) in [5, 5.41) is 3.13. The Morgan fingerprint density at radius 3 is 2.36 bits per heavy atom. The van der Waals surface area contributed by atoms with Gasteiger partial charge < -0.3 is 14.8 Å². The first-order valence-electron chi connectivity index (χ1n) is 10.2. The largest absolute Gasteiger partial charge is 0.497 e. The van der Waals surface area contributed by atoms with E-state index in [0.29, 0.717) is 5.92 Å². The molecule has 1 aliphatic carbocycles. The Balaban J connectivity index is 1.60. The summed E-state index contributed by atoms with van der Waals surface area (Å²) >= 11 is 0. The van der Waals surface area contributed by atoms with Gasteiger partial charge in [0, 0.05) is 0 Å². The fourth-order valence-corrected chi connectivity index (χ4v) is 3.77. The van der Waals surface area contributed by atoms with Crippen LogP contribution in [0.15, 0.2) is 42.5 Å². The minimum absolute atomic E-state index is 0.0313. The maximum atomic E-state index is 12.5. The molecular formula is C24H31NO3. The van der Waals surface area contributed by atoms with Crippen LogP contribution in [-0.2, 0) is 17.6 Å². The molecule has 4 heteroatoms. The van der Waals surface area contributed by atoms with E-state index in [0.717, 1.165) is 36.3 Å². The van der Waals surface area contributed by atoms with Gasteiger partial charge in [-0.25, -0.2) is 0 Å². The van der Waals surface area contributed by atoms with Crippen molar-refractivity contribution in [2.24, 2.45) is 5.92 Å². The summed E-state index contributed by atoms with van der Waals surface area (Å²) in [5.41, 5.74) is 3.86. The van der Waals surface area contributed by atoms with E-state index in [9.17, 15) is 4.79 Å². The Bertz CT molecular complexity index is 783. The molecule has 1 amide bonds. The quantitative estimate of drug-likeness (QED) is 0.711. The highest BCUT2D eigenvalue weighted by molar-refractivity contribution is 5.78. The molecule has 28 heavy (non-hydrogen) atoms. The molecule has 1 atom stereocenters. The van der Waals surface area contributed by atoms with E-state index in [1.807, 2.05) is 30.3 Å². The second-order valence-electron chi connectivity index (χ2n) is 7.95. The van der Waals surface area contributed by atoms with Crippen molar-refractivity contribution in [2.75, 3.05) is 13.7 Å². The molecule has 150 valence electrons. The number of carbonyl (C=O) groups is 1. The smallest absolute Gasteiger partial charge is 0.258 e. The second kappa shape index (κ2) is 9.63. The van der Waals surface area contributed by atoms with E-state index in [4.69, 9.17) is 9.47 Å². The molecular weight excluding hydrogens is 350 g/mol. The molecule has 3 rings (SSSR count). The van der Waals surface area contributed by atoms with Crippen molar-refractivity contribution in [2.45, 2.75) is 52.0 Å². The molecule has 0 aromatic heterocycles. The van der Waals surface area contributed by atoms with Gasteiger partial charge >= 0.3 is 0 Å². The fraction of sp³-hybridized carbons (Fsp3) is 0.458. The average Bonchev–Trinajstić information content (AvgIpc) is 2.71. The molecule has 0 radical (unpaired) electrons. The topological polar surface area (TPSA) is 47.6 Å². The molecule has 0 saturated carbocycles. The van der Waals surface area contributed by atoms with Crippen LogP contribution in [0, 0.1) is 5.92 Å². The van der Waals surface area contributed by atoms with Gasteiger partial charge in [0.15, 0.2) is 6.61 Å². The van der Waals surface area contributed by atoms with Crippen molar-refractivity contribution in [3.05, 3.63) is 59.2 Å². The van der Waals surface area contributed by atoms with Crippen LogP contribution in [-0.4, -0.2) is 19.6 Å². The van der Waals surface area contributed by atoms with E-state index in [1.165, 1.54) is 24.0 Å². The van der Waals surface area contributed by atoms with Gasteiger partial charge in [0.25, 0.3) is 5.91 Å². The molecule has 0 heterocycles. The van der Waals surface area contributed by atoms with Crippen LogP contribution in [0.5, 0.6) is 11.5 Å². The zero-order chi connectivity index (χ0) is 19.9. The fourth-order valence-electron chi connectivity index (χ4n) is 3.77. The number of fused-ring (bicyclic) bond motifs is 1. The van der Waals surface area contributed by atoms with Crippen LogP contribution in [0.4, 0.5) is 0 Å². The Hall–Kier alpha value is -2.49. The first kappa shape index (κ1) is 20.2. The lowest BCUT2D eigenvalue weighted by atomic mass is 9.92. The summed E-state index contributed by atoms with van der Waals surface area (Å²) in [6.07, 6.45) is 5.62. The van der Waals surface area contributed by atoms with Crippen molar-refractivity contribution in [3.63, 3.8) is 0 Å². The highest BCUT2D eigenvalue weighted by Gasteiger charge is 2.17. The van der Waals surface area contributed by atoms with Gasteiger partial charge in [0.05, 0.1) is 13.2 Å². The SMILES string of the molecule is COc1ccc([C@H](CC(C)C)NC(=O)COc2ccc3c(c2)CCCC3)cc1. The van der Waals surface area contributed by atoms with E-state index in [2.05, 4.69) is 31.3 Å². The van der Waals surface area contributed by atoms with E-state index in [1.54, 1.807) is 7.11 Å². The molecule has 0 bridgehead atoms. The molecule has 0 saturated heterocycles. The summed E-state index contributed by atoms with van der Waals surface area (Å²) < 4.78 is 11.0. The number of hydrogen-bond donors (Lipinski definition) is 1. The van der Waals surface area contributed by atoms with Crippen molar-refractivity contribution < 1.29 is 14.3 Å². The number of methoxy groups -OCH3 is 1. The molecule has 2 aromatic carbocycles. The van der Waals surface area contributed by atoms with E-state index < -0.39 is 0 Å². The van der Waals surface area contributed by atoms with Crippen LogP contribution in [0.25, 0.3) is 0 Å². The molecule has 1 aliphatic rings. The van der Waals surface area contributed by atoms with Crippen molar-refractivity contribution >= 4 is 5.91 Å². The predicted octanol–water partition coefficient (Wildman–Crippen LogP) is 4.86. The third-order valence-electron chi connectivity index (χ3n) is 5.25. The standard InChI is InChI=1S/C24H31NO3/c1-17(2)14-23(19-9-11-21(27-3)12-10-19)25-24(26)16-28-22-13-8-18-6-4-5-7-20(18)15-22/h8-13,15,17,23H,4-7,14,16H2,1-3H3,(H,25,26)/t23-/m0/s1. The lowest BCUT2D eigenvalue weighted by molar-refractivity contribution is -0.124. The maximum Gasteiger partial charge on any atom is 0.258 e. The Morgan fingerprint density at radius 1 is 1.00 bits per heavy atom. The Morgan fingerprint density at radius 2 is 1.68 bits per heavy atom. The summed E-state index contributed by atoms with van der Waals surface area (Å²) in [5.74, 6) is 1.96. The number of nitrogens with one attached hydrogen (secondary N) is 1. The van der Waals surface area contributed by atoms with E-state index in [-0.39, 0.29) is 18.6 Å². The van der Waals surface area contributed by atoms with Gasteiger partial charge in [0.1, 0.15) is 11.5 Å². The molecule has 1 N–H and O–H groups in total. The van der Waals surface area contributed by atoms with Crippen molar-refractivity contribution in [1.82, 2.24) is 5.32 Å². The van der Waals surface area contributed by atoms with E-state index >= 15 is 0 Å².